The van der Waals surface area contributed by atoms with Gasteiger partial charge in [-0.05, 0) is 13.8 Å². The third-order valence-electron chi connectivity index (χ3n) is 2.50. The molecule has 20 heavy (non-hydrogen) atoms. The maximum atomic E-state index is 5.65. The highest BCUT2D eigenvalue weighted by Gasteiger charge is 2.08. The summed E-state index contributed by atoms with van der Waals surface area (Å²) in [4.78, 5) is 8.37. The molecule has 0 aliphatic carbocycles. The zero-order valence-corrected chi connectivity index (χ0v) is 11.7. The fourth-order valence-electron chi connectivity index (χ4n) is 1.57. The van der Waals surface area contributed by atoms with Crippen LogP contribution in [0.5, 0.6) is 11.6 Å². The Morgan fingerprint density at radius 1 is 1.40 bits per heavy atom. The Hall–Kier alpha value is -2.19. The number of rotatable bonds is 6. The summed E-state index contributed by atoms with van der Waals surface area (Å²) < 4.78 is 12.5. The number of aromatic nitrogens is 4. The van der Waals surface area contributed by atoms with Gasteiger partial charge in [-0.25, -0.2) is 10.8 Å². The van der Waals surface area contributed by atoms with Crippen molar-refractivity contribution in [1.82, 2.24) is 19.7 Å². The van der Waals surface area contributed by atoms with E-state index in [1.165, 1.54) is 0 Å². The van der Waals surface area contributed by atoms with Gasteiger partial charge in [-0.2, -0.15) is 10.1 Å². The van der Waals surface area contributed by atoms with E-state index >= 15 is 0 Å². The van der Waals surface area contributed by atoms with Crippen LogP contribution in [0.2, 0.25) is 0 Å². The van der Waals surface area contributed by atoms with Crippen LogP contribution in [0.3, 0.4) is 0 Å². The van der Waals surface area contributed by atoms with Crippen LogP contribution in [0.4, 0.5) is 5.82 Å². The molecule has 0 saturated heterocycles. The first kappa shape index (κ1) is 14.2. The lowest BCUT2D eigenvalue weighted by atomic mass is 10.4. The molecule has 0 amide bonds. The molecule has 2 rings (SSSR count). The lowest BCUT2D eigenvalue weighted by molar-refractivity contribution is 0.177. The molecule has 3 N–H and O–H groups in total. The number of methoxy groups -OCH3 is 1. The van der Waals surface area contributed by atoms with E-state index in [9.17, 15) is 0 Å². The Bertz CT molecular complexity index is 569. The molecule has 0 atom stereocenters. The van der Waals surface area contributed by atoms with Crippen molar-refractivity contribution >= 4 is 5.82 Å². The van der Waals surface area contributed by atoms with Crippen molar-refractivity contribution in [3.63, 3.8) is 0 Å². The number of hydrogen-bond donors (Lipinski definition) is 2. The average Bonchev–Trinajstić information content (AvgIpc) is 2.87. The van der Waals surface area contributed by atoms with Crippen molar-refractivity contribution in [2.45, 2.75) is 26.5 Å². The number of anilines is 1. The summed E-state index contributed by atoms with van der Waals surface area (Å²) in [6, 6.07) is 1.87. The summed E-state index contributed by atoms with van der Waals surface area (Å²) in [7, 11) is 1.57. The normalized spacial score (nSPS) is 10.8. The van der Waals surface area contributed by atoms with Gasteiger partial charge in [0.2, 0.25) is 5.88 Å². The highest BCUT2D eigenvalue weighted by molar-refractivity contribution is 5.38. The van der Waals surface area contributed by atoms with Crippen LogP contribution in [0.25, 0.3) is 0 Å². The first-order valence-corrected chi connectivity index (χ1v) is 6.18. The van der Waals surface area contributed by atoms with E-state index < -0.39 is 0 Å². The number of nitrogens with one attached hydrogen (secondary N) is 1. The zero-order valence-electron chi connectivity index (χ0n) is 11.7. The molecule has 0 radical (unpaired) electrons. The van der Waals surface area contributed by atoms with Crippen LogP contribution in [-0.2, 0) is 11.3 Å². The topological polar surface area (TPSA) is 100 Å². The van der Waals surface area contributed by atoms with Gasteiger partial charge in [0.15, 0.2) is 11.6 Å². The quantitative estimate of drug-likeness (QED) is 0.609. The molecule has 0 unspecified atom stereocenters. The molecule has 0 spiro atoms. The number of nitrogen functional groups attached to an aromatic ring is 1. The molecule has 2 aromatic rings. The first-order chi connectivity index (χ1) is 9.62. The Morgan fingerprint density at radius 2 is 2.20 bits per heavy atom. The molecular weight excluding hydrogens is 260 g/mol. The van der Waals surface area contributed by atoms with Gasteiger partial charge in [0.25, 0.3) is 0 Å². The van der Waals surface area contributed by atoms with E-state index in [2.05, 4.69) is 20.5 Å². The molecule has 0 bridgehead atoms. The fourth-order valence-corrected chi connectivity index (χ4v) is 1.57. The van der Waals surface area contributed by atoms with Gasteiger partial charge < -0.3 is 14.9 Å². The minimum atomic E-state index is 0.267. The number of hydrazine groups is 1. The lowest BCUT2D eigenvalue weighted by Crippen LogP contribution is -2.11. The molecule has 0 aliphatic rings. The Balaban J connectivity index is 2.20. The zero-order chi connectivity index (χ0) is 14.5. The van der Waals surface area contributed by atoms with Crippen LogP contribution in [0.1, 0.15) is 25.7 Å². The van der Waals surface area contributed by atoms with Gasteiger partial charge >= 0.3 is 0 Å². The molecule has 0 saturated carbocycles. The van der Waals surface area contributed by atoms with Gasteiger partial charge in [0.1, 0.15) is 12.4 Å². The van der Waals surface area contributed by atoms with Crippen molar-refractivity contribution in [3.05, 3.63) is 24.3 Å². The number of hydrogen-bond acceptors (Lipinski definition) is 7. The van der Waals surface area contributed by atoms with Crippen molar-refractivity contribution in [2.24, 2.45) is 5.84 Å². The van der Waals surface area contributed by atoms with Crippen molar-refractivity contribution in [2.75, 3.05) is 12.5 Å². The Labute approximate surface area is 116 Å². The molecule has 108 valence electrons. The van der Waals surface area contributed by atoms with Crippen molar-refractivity contribution < 1.29 is 9.47 Å². The van der Waals surface area contributed by atoms with E-state index in [4.69, 9.17) is 15.3 Å². The predicted octanol–water partition coefficient (Wildman–Crippen LogP) is 1.48. The van der Waals surface area contributed by atoms with Gasteiger partial charge in [-0.15, -0.1) is 0 Å². The smallest absolute Gasteiger partial charge is 0.224 e. The van der Waals surface area contributed by atoms with E-state index in [-0.39, 0.29) is 12.6 Å². The summed E-state index contributed by atoms with van der Waals surface area (Å²) in [6.07, 6.45) is 3.44. The van der Waals surface area contributed by atoms with Crippen LogP contribution in [-0.4, -0.2) is 26.9 Å². The van der Waals surface area contributed by atoms with Gasteiger partial charge in [-0.3, -0.25) is 4.68 Å². The number of nitrogens with zero attached hydrogens (tertiary/aromatic N) is 4. The minimum absolute atomic E-state index is 0.267. The summed E-state index contributed by atoms with van der Waals surface area (Å²) in [5, 5.41) is 4.20. The maximum Gasteiger partial charge on any atom is 0.224 e. The SMILES string of the molecule is COCc1nc(NN)cc(Oc2cnn(C(C)C)c2)n1. The molecule has 0 fully saturated rings. The van der Waals surface area contributed by atoms with Crippen molar-refractivity contribution in [3.8, 4) is 11.6 Å². The van der Waals surface area contributed by atoms with E-state index in [1.54, 1.807) is 30.3 Å². The number of nitrogens with two attached hydrogens (primary N) is 1. The molecular formula is C12H18N6O2. The monoisotopic (exact) mass is 278 g/mol. The van der Waals surface area contributed by atoms with E-state index in [0.717, 1.165) is 0 Å². The van der Waals surface area contributed by atoms with E-state index in [1.807, 2.05) is 13.8 Å². The summed E-state index contributed by atoms with van der Waals surface area (Å²) >= 11 is 0. The lowest BCUT2D eigenvalue weighted by Gasteiger charge is -2.07. The molecule has 2 heterocycles. The van der Waals surface area contributed by atoms with Gasteiger partial charge in [-0.1, -0.05) is 0 Å². The molecule has 2 aromatic heterocycles. The summed E-state index contributed by atoms with van der Waals surface area (Å²) in [6.45, 7) is 4.35. The molecule has 0 aliphatic heterocycles. The Kier molecular flexibility index (Phi) is 4.49. The second-order valence-corrected chi connectivity index (χ2v) is 4.44. The minimum Gasteiger partial charge on any atom is -0.436 e. The highest BCUT2D eigenvalue weighted by Crippen LogP contribution is 2.22. The van der Waals surface area contributed by atoms with Crippen LogP contribution in [0.15, 0.2) is 18.5 Å². The highest BCUT2D eigenvalue weighted by atomic mass is 16.5. The van der Waals surface area contributed by atoms with Crippen molar-refractivity contribution in [1.29, 1.82) is 0 Å². The molecule has 8 heteroatoms. The van der Waals surface area contributed by atoms with Gasteiger partial charge in [0.05, 0.1) is 12.4 Å². The van der Waals surface area contributed by atoms with Crippen LogP contribution < -0.4 is 16.0 Å². The summed E-state index contributed by atoms with van der Waals surface area (Å²) in [5.41, 5.74) is 2.47. The summed E-state index contributed by atoms with van der Waals surface area (Å²) in [5.74, 6) is 7.28. The maximum absolute atomic E-state index is 5.65. The molecule has 0 aromatic carbocycles. The third kappa shape index (κ3) is 3.43. The number of ether oxygens (including phenoxy) is 2. The van der Waals surface area contributed by atoms with Gasteiger partial charge in [0, 0.05) is 19.2 Å². The first-order valence-electron chi connectivity index (χ1n) is 6.18. The Morgan fingerprint density at radius 3 is 2.80 bits per heavy atom. The van der Waals surface area contributed by atoms with Crippen LogP contribution >= 0.6 is 0 Å². The standard InChI is InChI=1S/C12H18N6O2/c1-8(2)18-6-9(5-14-18)20-12-4-10(17-13)15-11(16-12)7-19-3/h4-6,8H,7,13H2,1-3H3,(H,15,16,17). The van der Waals surface area contributed by atoms with E-state index in [0.29, 0.717) is 23.3 Å². The molecule has 8 nitrogen and oxygen atoms in total. The van der Waals surface area contributed by atoms with Crippen LogP contribution in [0, 0.1) is 0 Å². The largest absolute Gasteiger partial charge is 0.436 e. The third-order valence-corrected chi connectivity index (χ3v) is 2.50. The average molecular weight is 278 g/mol. The fraction of sp³-hybridized carbons (Fsp3) is 0.417. The second-order valence-electron chi connectivity index (χ2n) is 4.44. The second kappa shape index (κ2) is 6.31. The predicted molar refractivity (Wildman–Crippen MR) is 73.2 cm³/mol.